The van der Waals surface area contributed by atoms with Crippen molar-refractivity contribution in [3.05, 3.63) is 0 Å². The van der Waals surface area contributed by atoms with Crippen molar-refractivity contribution in [1.29, 1.82) is 0 Å². The standard InChI is InChI=1S/C15H30N4O/c1-3-17(4-2)12-13-18-9-5-6-14(18)15(20)19-10-7-16-8-11-19/h14,16H,3-13H2,1-2H3. The van der Waals surface area contributed by atoms with Crippen LogP contribution in [0.25, 0.3) is 0 Å². The molecule has 0 aromatic heterocycles. The summed E-state index contributed by atoms with van der Waals surface area (Å²) in [6, 6.07) is 0.142. The first-order valence-electron chi connectivity index (χ1n) is 8.22. The molecule has 20 heavy (non-hydrogen) atoms. The van der Waals surface area contributed by atoms with Crippen LogP contribution >= 0.6 is 0 Å². The minimum Gasteiger partial charge on any atom is -0.339 e. The van der Waals surface area contributed by atoms with Crippen molar-refractivity contribution >= 4 is 5.91 Å². The van der Waals surface area contributed by atoms with E-state index in [1.165, 1.54) is 6.42 Å². The number of hydrogen-bond donors (Lipinski definition) is 1. The highest BCUT2D eigenvalue weighted by Gasteiger charge is 2.33. The molecular weight excluding hydrogens is 252 g/mol. The summed E-state index contributed by atoms with van der Waals surface area (Å²) in [5.74, 6) is 0.364. The van der Waals surface area contributed by atoms with E-state index >= 15 is 0 Å². The number of nitrogens with zero attached hydrogens (tertiary/aromatic N) is 3. The lowest BCUT2D eigenvalue weighted by Crippen LogP contribution is -2.53. The Morgan fingerprint density at radius 2 is 1.90 bits per heavy atom. The minimum absolute atomic E-state index is 0.142. The van der Waals surface area contributed by atoms with Gasteiger partial charge in [0, 0.05) is 39.3 Å². The quantitative estimate of drug-likeness (QED) is 0.757. The summed E-state index contributed by atoms with van der Waals surface area (Å²) in [4.78, 5) is 19.5. The van der Waals surface area contributed by atoms with Crippen molar-refractivity contribution in [1.82, 2.24) is 20.0 Å². The molecule has 2 saturated heterocycles. The van der Waals surface area contributed by atoms with Gasteiger partial charge < -0.3 is 15.1 Å². The highest BCUT2D eigenvalue weighted by atomic mass is 16.2. The van der Waals surface area contributed by atoms with Crippen LogP contribution in [0.4, 0.5) is 0 Å². The molecule has 1 N–H and O–H groups in total. The largest absolute Gasteiger partial charge is 0.339 e. The fraction of sp³-hybridized carbons (Fsp3) is 0.933. The maximum atomic E-state index is 12.6. The summed E-state index contributed by atoms with van der Waals surface area (Å²) in [5, 5.41) is 3.31. The molecule has 0 aliphatic carbocycles. The SMILES string of the molecule is CCN(CC)CCN1CCCC1C(=O)N1CCNCC1. The van der Waals surface area contributed by atoms with Gasteiger partial charge in [-0.3, -0.25) is 9.69 Å². The number of hydrogen-bond acceptors (Lipinski definition) is 4. The van der Waals surface area contributed by atoms with Gasteiger partial charge in [-0.05, 0) is 32.5 Å². The predicted octanol–water partition coefficient (Wildman–Crippen LogP) is 0.224. The first kappa shape index (κ1) is 15.7. The van der Waals surface area contributed by atoms with E-state index in [0.29, 0.717) is 5.91 Å². The average Bonchev–Trinajstić information content (AvgIpc) is 2.97. The van der Waals surface area contributed by atoms with Crippen LogP contribution in [-0.4, -0.2) is 85.6 Å². The highest BCUT2D eigenvalue weighted by Crippen LogP contribution is 2.19. The van der Waals surface area contributed by atoms with Crippen LogP contribution < -0.4 is 5.32 Å². The van der Waals surface area contributed by atoms with E-state index in [9.17, 15) is 4.79 Å². The molecule has 5 nitrogen and oxygen atoms in total. The second-order valence-electron chi connectivity index (χ2n) is 5.80. The summed E-state index contributed by atoms with van der Waals surface area (Å²) < 4.78 is 0. The van der Waals surface area contributed by atoms with Crippen molar-refractivity contribution in [2.45, 2.75) is 32.7 Å². The number of likely N-dealkylation sites (tertiary alicyclic amines) is 1. The van der Waals surface area contributed by atoms with Crippen LogP contribution in [0.5, 0.6) is 0 Å². The number of amides is 1. The van der Waals surface area contributed by atoms with Gasteiger partial charge in [0.05, 0.1) is 6.04 Å². The van der Waals surface area contributed by atoms with Gasteiger partial charge >= 0.3 is 0 Å². The van der Waals surface area contributed by atoms with Gasteiger partial charge in [0.2, 0.25) is 5.91 Å². The Morgan fingerprint density at radius 3 is 2.55 bits per heavy atom. The Morgan fingerprint density at radius 1 is 1.20 bits per heavy atom. The molecule has 0 spiro atoms. The molecule has 5 heteroatoms. The number of carbonyl (C=O) groups is 1. The molecule has 1 unspecified atom stereocenters. The van der Waals surface area contributed by atoms with Gasteiger partial charge in [0.1, 0.15) is 0 Å². The molecule has 2 rings (SSSR count). The van der Waals surface area contributed by atoms with Crippen molar-refractivity contribution in [3.8, 4) is 0 Å². The van der Waals surface area contributed by atoms with Crippen molar-refractivity contribution < 1.29 is 4.79 Å². The van der Waals surface area contributed by atoms with E-state index in [-0.39, 0.29) is 6.04 Å². The third-order valence-corrected chi connectivity index (χ3v) is 4.68. The van der Waals surface area contributed by atoms with Crippen LogP contribution in [0.1, 0.15) is 26.7 Å². The normalized spacial score (nSPS) is 24.6. The summed E-state index contributed by atoms with van der Waals surface area (Å²) >= 11 is 0. The Labute approximate surface area is 123 Å². The van der Waals surface area contributed by atoms with Crippen molar-refractivity contribution in [2.24, 2.45) is 0 Å². The fourth-order valence-electron chi connectivity index (χ4n) is 3.28. The topological polar surface area (TPSA) is 38.8 Å². The molecule has 0 saturated carbocycles. The molecule has 2 heterocycles. The minimum atomic E-state index is 0.142. The third-order valence-electron chi connectivity index (χ3n) is 4.68. The second-order valence-corrected chi connectivity index (χ2v) is 5.80. The zero-order valence-corrected chi connectivity index (χ0v) is 13.1. The molecule has 2 aliphatic rings. The van der Waals surface area contributed by atoms with Crippen LogP contribution in [0.3, 0.4) is 0 Å². The number of likely N-dealkylation sites (N-methyl/N-ethyl adjacent to an activating group) is 1. The number of nitrogens with one attached hydrogen (secondary N) is 1. The Balaban J connectivity index is 1.84. The van der Waals surface area contributed by atoms with Gasteiger partial charge in [0.25, 0.3) is 0 Å². The van der Waals surface area contributed by atoms with Crippen LogP contribution in [0.15, 0.2) is 0 Å². The number of rotatable bonds is 6. The lowest BCUT2D eigenvalue weighted by atomic mass is 10.1. The molecule has 116 valence electrons. The van der Waals surface area contributed by atoms with Crippen LogP contribution in [-0.2, 0) is 4.79 Å². The van der Waals surface area contributed by atoms with E-state index < -0.39 is 0 Å². The summed E-state index contributed by atoms with van der Waals surface area (Å²) in [6.07, 6.45) is 2.21. The zero-order valence-electron chi connectivity index (χ0n) is 13.1. The Hall–Kier alpha value is -0.650. The first-order valence-corrected chi connectivity index (χ1v) is 8.22. The molecule has 0 radical (unpaired) electrons. The lowest BCUT2D eigenvalue weighted by molar-refractivity contribution is -0.136. The van der Waals surface area contributed by atoms with Crippen molar-refractivity contribution in [2.75, 3.05) is 58.9 Å². The van der Waals surface area contributed by atoms with Gasteiger partial charge in [-0.25, -0.2) is 0 Å². The van der Waals surface area contributed by atoms with Gasteiger partial charge in [-0.2, -0.15) is 0 Å². The Kier molecular flexibility index (Phi) is 6.26. The first-order chi connectivity index (χ1) is 9.76. The van der Waals surface area contributed by atoms with Crippen molar-refractivity contribution in [3.63, 3.8) is 0 Å². The lowest BCUT2D eigenvalue weighted by Gasteiger charge is -2.33. The third kappa shape index (κ3) is 3.93. The monoisotopic (exact) mass is 282 g/mol. The highest BCUT2D eigenvalue weighted by molar-refractivity contribution is 5.82. The van der Waals surface area contributed by atoms with E-state index in [4.69, 9.17) is 0 Å². The summed E-state index contributed by atoms with van der Waals surface area (Å²) in [5.41, 5.74) is 0. The smallest absolute Gasteiger partial charge is 0.240 e. The predicted molar refractivity (Wildman–Crippen MR) is 81.8 cm³/mol. The van der Waals surface area contributed by atoms with Crippen LogP contribution in [0, 0.1) is 0 Å². The fourth-order valence-corrected chi connectivity index (χ4v) is 3.28. The molecule has 2 aliphatic heterocycles. The summed E-state index contributed by atoms with van der Waals surface area (Å²) in [7, 11) is 0. The van der Waals surface area contributed by atoms with Gasteiger partial charge in [0.15, 0.2) is 0 Å². The average molecular weight is 282 g/mol. The van der Waals surface area contributed by atoms with E-state index in [2.05, 4.69) is 33.9 Å². The second kappa shape index (κ2) is 7.96. The maximum absolute atomic E-state index is 12.6. The van der Waals surface area contributed by atoms with E-state index in [1.807, 2.05) is 0 Å². The molecule has 2 fully saturated rings. The van der Waals surface area contributed by atoms with Gasteiger partial charge in [-0.1, -0.05) is 13.8 Å². The molecule has 0 aromatic rings. The number of carbonyl (C=O) groups excluding carboxylic acids is 1. The van der Waals surface area contributed by atoms with E-state index in [1.54, 1.807) is 0 Å². The molecular formula is C15H30N4O. The Bertz CT molecular complexity index is 300. The molecule has 0 bridgehead atoms. The number of piperazine rings is 1. The zero-order chi connectivity index (χ0) is 14.4. The van der Waals surface area contributed by atoms with Crippen LogP contribution in [0.2, 0.25) is 0 Å². The van der Waals surface area contributed by atoms with Gasteiger partial charge in [-0.15, -0.1) is 0 Å². The van der Waals surface area contributed by atoms with E-state index in [0.717, 1.165) is 65.3 Å². The molecule has 1 atom stereocenters. The maximum Gasteiger partial charge on any atom is 0.240 e. The molecule has 1 amide bonds. The molecule has 0 aromatic carbocycles. The summed E-state index contributed by atoms with van der Waals surface area (Å²) in [6.45, 7) is 13.4.